The maximum Gasteiger partial charge on any atom is 0.414 e. The van der Waals surface area contributed by atoms with E-state index < -0.39 is 23.7 Å². The third-order valence-corrected chi connectivity index (χ3v) is 6.89. The largest absolute Gasteiger partial charge is 0.443 e. The van der Waals surface area contributed by atoms with E-state index in [9.17, 15) is 9.59 Å². The molecule has 0 radical (unpaired) electrons. The number of carbonyl (C=O) groups is 2. The van der Waals surface area contributed by atoms with Gasteiger partial charge in [0.15, 0.2) is 0 Å². The van der Waals surface area contributed by atoms with Crippen LogP contribution in [0.4, 0.5) is 4.79 Å². The molecule has 182 valence electrons. The molecular weight excluding hydrogens is 414 g/mol. The van der Waals surface area contributed by atoms with Crippen molar-refractivity contribution in [2.75, 3.05) is 47.4 Å². The molecule has 9 heteroatoms. The standard InChI is InChI=1S/C23H39N3O6/c1-15(2)7-8-17-22(3,32-17)20-19(29-6)16(9-10-23(20)14-30-23)31-21(28)25-18(27)13-26(5)12-11-24-4/h7,16-17,19-20,24H,8-14H2,1-6H3,(H,25,27,28)/t16?,17-,19?,20?,22-,23+/m1/s1. The van der Waals surface area contributed by atoms with Crippen LogP contribution in [0.2, 0.25) is 0 Å². The minimum atomic E-state index is -0.738. The van der Waals surface area contributed by atoms with Crippen LogP contribution in [0, 0.1) is 5.92 Å². The Labute approximate surface area is 191 Å². The molecule has 3 rings (SSSR count). The highest BCUT2D eigenvalue weighted by atomic mass is 16.6. The quantitative estimate of drug-likeness (QED) is 0.378. The Bertz CT molecular complexity index is 721. The highest BCUT2D eigenvalue weighted by Crippen LogP contribution is 2.59. The molecule has 0 aromatic rings. The molecule has 2 amide bonds. The zero-order valence-corrected chi connectivity index (χ0v) is 20.2. The summed E-state index contributed by atoms with van der Waals surface area (Å²) in [5.41, 5.74) is 0.580. The molecule has 32 heavy (non-hydrogen) atoms. The summed E-state index contributed by atoms with van der Waals surface area (Å²) in [6.45, 7) is 8.49. The Morgan fingerprint density at radius 3 is 2.62 bits per heavy atom. The number of nitrogens with one attached hydrogen (secondary N) is 2. The fourth-order valence-electron chi connectivity index (χ4n) is 5.02. The van der Waals surface area contributed by atoms with Crippen LogP contribution in [0.1, 0.15) is 40.0 Å². The number of imide groups is 1. The summed E-state index contributed by atoms with van der Waals surface area (Å²) in [6.07, 6.45) is 2.91. The van der Waals surface area contributed by atoms with Crippen LogP contribution in [0.5, 0.6) is 0 Å². The Morgan fingerprint density at radius 1 is 1.31 bits per heavy atom. The van der Waals surface area contributed by atoms with Gasteiger partial charge in [0.05, 0.1) is 25.2 Å². The molecule has 0 aromatic carbocycles. The smallest absolute Gasteiger partial charge is 0.414 e. The number of carbonyl (C=O) groups excluding carboxylic acids is 2. The number of hydrogen-bond donors (Lipinski definition) is 2. The van der Waals surface area contributed by atoms with Crippen molar-refractivity contribution in [3.63, 3.8) is 0 Å². The molecule has 1 saturated carbocycles. The summed E-state index contributed by atoms with van der Waals surface area (Å²) in [6, 6.07) is 0. The van der Waals surface area contributed by atoms with E-state index >= 15 is 0 Å². The maximum atomic E-state index is 12.5. The second kappa shape index (κ2) is 10.2. The third kappa shape index (κ3) is 5.69. The van der Waals surface area contributed by atoms with E-state index in [4.69, 9.17) is 18.9 Å². The number of likely N-dealkylation sites (N-methyl/N-ethyl adjacent to an activating group) is 2. The predicted octanol–water partition coefficient (Wildman–Crippen LogP) is 1.47. The lowest BCUT2D eigenvalue weighted by Gasteiger charge is -2.42. The molecule has 1 spiro atoms. The van der Waals surface area contributed by atoms with E-state index in [0.29, 0.717) is 19.6 Å². The topological polar surface area (TPSA) is 105 Å². The molecule has 3 aliphatic rings. The Balaban J connectivity index is 1.60. The molecule has 2 N–H and O–H groups in total. The first-order chi connectivity index (χ1) is 15.1. The van der Waals surface area contributed by atoms with Gasteiger partial charge in [-0.3, -0.25) is 15.0 Å². The normalized spacial score (nSPS) is 35.5. The molecule has 2 aliphatic heterocycles. The molecule has 3 unspecified atom stereocenters. The number of allylic oxidation sites excluding steroid dienone is 1. The maximum absolute atomic E-state index is 12.5. The van der Waals surface area contributed by atoms with Gasteiger partial charge in [0.25, 0.3) is 0 Å². The monoisotopic (exact) mass is 453 g/mol. The van der Waals surface area contributed by atoms with E-state index in [1.165, 1.54) is 5.57 Å². The van der Waals surface area contributed by atoms with Gasteiger partial charge in [-0.05, 0) is 54.1 Å². The molecular formula is C23H39N3O6. The highest BCUT2D eigenvalue weighted by molar-refractivity contribution is 5.92. The van der Waals surface area contributed by atoms with Crippen molar-refractivity contribution in [1.82, 2.24) is 15.5 Å². The summed E-state index contributed by atoms with van der Waals surface area (Å²) in [7, 11) is 5.31. The summed E-state index contributed by atoms with van der Waals surface area (Å²) in [5, 5.41) is 5.36. The second-order valence-corrected chi connectivity index (χ2v) is 9.71. The van der Waals surface area contributed by atoms with Crippen molar-refractivity contribution >= 4 is 12.0 Å². The Morgan fingerprint density at radius 2 is 2.03 bits per heavy atom. The van der Waals surface area contributed by atoms with Gasteiger partial charge in [0.1, 0.15) is 23.4 Å². The van der Waals surface area contributed by atoms with Crippen LogP contribution in [-0.2, 0) is 23.7 Å². The van der Waals surface area contributed by atoms with Crippen molar-refractivity contribution in [2.45, 2.75) is 69.5 Å². The summed E-state index contributed by atoms with van der Waals surface area (Å²) >= 11 is 0. The molecule has 1 aliphatic carbocycles. The van der Waals surface area contributed by atoms with Crippen molar-refractivity contribution in [3.8, 4) is 0 Å². The van der Waals surface area contributed by atoms with Gasteiger partial charge in [-0.2, -0.15) is 0 Å². The van der Waals surface area contributed by atoms with Gasteiger partial charge < -0.3 is 24.3 Å². The van der Waals surface area contributed by atoms with Crippen LogP contribution < -0.4 is 10.6 Å². The summed E-state index contributed by atoms with van der Waals surface area (Å²) < 4.78 is 23.6. The molecule has 0 bridgehead atoms. The van der Waals surface area contributed by atoms with Gasteiger partial charge in [-0.15, -0.1) is 0 Å². The van der Waals surface area contributed by atoms with Crippen LogP contribution >= 0.6 is 0 Å². The van der Waals surface area contributed by atoms with Crippen molar-refractivity contribution < 1.29 is 28.5 Å². The van der Waals surface area contributed by atoms with Gasteiger partial charge in [0.2, 0.25) is 5.91 Å². The van der Waals surface area contributed by atoms with E-state index in [0.717, 1.165) is 19.4 Å². The average molecular weight is 454 g/mol. The van der Waals surface area contributed by atoms with E-state index in [-0.39, 0.29) is 30.3 Å². The fraction of sp³-hybridized carbons (Fsp3) is 0.826. The zero-order chi connectivity index (χ0) is 23.5. The number of amides is 2. The highest BCUT2D eigenvalue weighted by Gasteiger charge is 2.72. The average Bonchev–Trinajstić information content (AvgIpc) is 3.63. The predicted molar refractivity (Wildman–Crippen MR) is 119 cm³/mol. The first kappa shape index (κ1) is 25.1. The van der Waals surface area contributed by atoms with Gasteiger partial charge in [-0.1, -0.05) is 11.6 Å². The van der Waals surface area contributed by atoms with Gasteiger partial charge in [0, 0.05) is 20.2 Å². The number of alkyl carbamates (subject to hydrolysis) is 1. The van der Waals surface area contributed by atoms with Crippen LogP contribution in [0.3, 0.4) is 0 Å². The molecule has 2 saturated heterocycles. The van der Waals surface area contributed by atoms with Crippen molar-refractivity contribution in [1.29, 1.82) is 0 Å². The Kier molecular flexibility index (Phi) is 7.98. The van der Waals surface area contributed by atoms with E-state index in [2.05, 4.69) is 37.5 Å². The minimum Gasteiger partial charge on any atom is -0.443 e. The molecule has 2 heterocycles. The first-order valence-corrected chi connectivity index (χ1v) is 11.5. The number of methoxy groups -OCH3 is 1. The zero-order valence-electron chi connectivity index (χ0n) is 20.2. The van der Waals surface area contributed by atoms with Crippen LogP contribution in [0.25, 0.3) is 0 Å². The number of ether oxygens (including phenoxy) is 4. The first-order valence-electron chi connectivity index (χ1n) is 11.5. The van der Waals surface area contributed by atoms with Crippen molar-refractivity contribution in [3.05, 3.63) is 11.6 Å². The number of hydrogen-bond acceptors (Lipinski definition) is 8. The summed E-state index contributed by atoms with van der Waals surface area (Å²) in [5.74, 6) is -0.443. The number of epoxide rings is 2. The molecule has 6 atom stereocenters. The SMILES string of the molecule is CNCCN(C)CC(=O)NC(=O)OC1CC[C@]2(CO2)C([C@]2(C)O[C@@H]2CC=C(C)C)C1OC. The lowest BCUT2D eigenvalue weighted by atomic mass is 9.68. The van der Waals surface area contributed by atoms with Crippen molar-refractivity contribution in [2.24, 2.45) is 5.92 Å². The van der Waals surface area contributed by atoms with Gasteiger partial charge >= 0.3 is 6.09 Å². The summed E-state index contributed by atoms with van der Waals surface area (Å²) in [4.78, 5) is 26.5. The molecule has 0 aromatic heterocycles. The second-order valence-electron chi connectivity index (χ2n) is 9.71. The minimum absolute atomic E-state index is 0.0505. The fourth-order valence-corrected chi connectivity index (χ4v) is 5.02. The van der Waals surface area contributed by atoms with E-state index in [1.54, 1.807) is 7.11 Å². The Hall–Kier alpha value is -1.52. The third-order valence-electron chi connectivity index (χ3n) is 6.89. The molecule has 3 fully saturated rings. The number of nitrogens with zero attached hydrogens (tertiary/aromatic N) is 1. The molecule has 9 nitrogen and oxygen atoms in total. The van der Waals surface area contributed by atoms with Crippen LogP contribution in [0.15, 0.2) is 11.6 Å². The lowest BCUT2D eigenvalue weighted by molar-refractivity contribution is -0.126. The van der Waals surface area contributed by atoms with E-state index in [1.807, 2.05) is 19.0 Å². The van der Waals surface area contributed by atoms with Gasteiger partial charge in [-0.25, -0.2) is 4.79 Å². The number of rotatable bonds is 10. The lowest BCUT2D eigenvalue weighted by Crippen LogP contribution is -2.56. The van der Waals surface area contributed by atoms with Crippen LogP contribution in [-0.4, -0.2) is 93.9 Å².